The summed E-state index contributed by atoms with van der Waals surface area (Å²) in [7, 11) is 1.62. The Kier molecular flexibility index (Phi) is 9.33. The summed E-state index contributed by atoms with van der Waals surface area (Å²) in [4.78, 5) is 25.8. The van der Waals surface area contributed by atoms with Gasteiger partial charge in [0.15, 0.2) is 0 Å². The average Bonchev–Trinajstić information content (AvgIpc) is 3.21. The molecule has 1 spiro atoms. The van der Waals surface area contributed by atoms with Crippen LogP contribution < -0.4 is 5.43 Å². The first-order valence-corrected chi connectivity index (χ1v) is 14.5. The number of amides is 1. The van der Waals surface area contributed by atoms with E-state index in [0.29, 0.717) is 23.9 Å². The van der Waals surface area contributed by atoms with Gasteiger partial charge in [0.2, 0.25) is 0 Å². The van der Waals surface area contributed by atoms with Crippen LogP contribution in [0.3, 0.4) is 0 Å². The highest BCUT2D eigenvalue weighted by Crippen LogP contribution is 2.47. The number of rotatable bonds is 9. The number of hydrogen-bond acceptors (Lipinski definition) is 5. The van der Waals surface area contributed by atoms with Crippen LogP contribution in [0, 0.1) is 11.3 Å². The van der Waals surface area contributed by atoms with Crippen molar-refractivity contribution in [1.29, 1.82) is 0 Å². The van der Waals surface area contributed by atoms with Crippen molar-refractivity contribution in [2.24, 2.45) is 31.7 Å². The minimum Gasteiger partial charge on any atom is -0.308 e. The summed E-state index contributed by atoms with van der Waals surface area (Å²) in [6, 6.07) is 18.1. The molecule has 2 aromatic carbocycles. The van der Waals surface area contributed by atoms with Gasteiger partial charge in [0.05, 0.1) is 12.7 Å². The molecule has 1 heterocycles. The fourth-order valence-corrected chi connectivity index (χ4v) is 5.77. The molecule has 1 amide bonds. The van der Waals surface area contributed by atoms with Gasteiger partial charge >= 0.3 is 0 Å². The number of carbonyl (C=O) groups is 1. The Hall–Kier alpha value is -3.61. The summed E-state index contributed by atoms with van der Waals surface area (Å²) < 4.78 is 0. The van der Waals surface area contributed by atoms with Gasteiger partial charge in [-0.3, -0.25) is 9.79 Å². The summed E-state index contributed by atoms with van der Waals surface area (Å²) in [5, 5.41) is 7.66. The lowest BCUT2D eigenvalue weighted by Crippen LogP contribution is -2.49. The lowest BCUT2D eigenvalue weighted by molar-refractivity contribution is -0.130. The fraction of sp³-hybridized carbons (Fsp3) is 0.485. The molecule has 7 nitrogen and oxygen atoms in total. The first kappa shape index (κ1) is 29.4. The molecule has 0 radical (unpaired) electrons. The monoisotopic (exact) mass is 540 g/mol. The summed E-state index contributed by atoms with van der Waals surface area (Å²) in [6.45, 7) is 13.8. The normalized spacial score (nSPS) is 21.8. The second kappa shape index (κ2) is 12.7. The highest BCUT2D eigenvalue weighted by Gasteiger charge is 2.49. The number of nitrogens with zero attached hydrogens (tertiary/aromatic N) is 5. The van der Waals surface area contributed by atoms with Crippen LogP contribution >= 0.6 is 0 Å². The molecule has 1 fully saturated rings. The van der Waals surface area contributed by atoms with Gasteiger partial charge in [-0.15, -0.1) is 0 Å². The van der Waals surface area contributed by atoms with Gasteiger partial charge in [0.1, 0.15) is 17.2 Å². The Morgan fingerprint density at radius 1 is 1.10 bits per heavy atom. The van der Waals surface area contributed by atoms with Crippen LogP contribution in [-0.2, 0) is 11.3 Å². The van der Waals surface area contributed by atoms with Crippen LogP contribution in [0.25, 0.3) is 5.70 Å². The molecule has 0 atom stereocenters. The largest absolute Gasteiger partial charge is 0.308 e. The highest BCUT2D eigenvalue weighted by atomic mass is 16.2. The molecule has 0 saturated heterocycles. The maximum absolute atomic E-state index is 13.9. The van der Waals surface area contributed by atoms with E-state index >= 15 is 0 Å². The third-order valence-electron chi connectivity index (χ3n) is 8.27. The van der Waals surface area contributed by atoms with E-state index in [2.05, 4.69) is 67.2 Å². The number of benzene rings is 2. The Balaban J connectivity index is 1.55. The molecular formula is C33H44N6O. The van der Waals surface area contributed by atoms with Crippen molar-refractivity contribution in [2.45, 2.75) is 84.8 Å². The minimum absolute atomic E-state index is 0.0234. The number of carbonyl (C=O) groups excluding carboxylic acids is 1. The molecule has 1 N–H and O–H groups in total. The molecule has 1 aliphatic carbocycles. The van der Waals surface area contributed by atoms with Crippen molar-refractivity contribution in [2.75, 3.05) is 7.05 Å². The van der Waals surface area contributed by atoms with Crippen molar-refractivity contribution in [3.8, 4) is 0 Å². The molecule has 0 aromatic heterocycles. The van der Waals surface area contributed by atoms with E-state index < -0.39 is 5.66 Å². The Bertz CT molecular complexity index is 1260. The zero-order chi connectivity index (χ0) is 28.8. The molecular weight excluding hydrogens is 496 g/mol. The molecule has 7 heteroatoms. The number of unbranched alkanes of at least 4 members (excludes halogenated alkanes) is 1. The SMILES string of the molecule is C=C(N=C(CCCC)NN=NC)c1ccc(CN2C(=O)C(c3ccccc3)=NC23CCC(C(C)(C)C)CC3)cc1. The second-order valence-electron chi connectivity index (χ2n) is 12.1. The number of hydrogen-bond donors (Lipinski definition) is 1. The quantitative estimate of drug-likeness (QED) is 0.154. The molecule has 2 aromatic rings. The van der Waals surface area contributed by atoms with Crippen molar-refractivity contribution in [3.63, 3.8) is 0 Å². The predicted molar refractivity (Wildman–Crippen MR) is 164 cm³/mol. The lowest BCUT2D eigenvalue weighted by atomic mass is 9.69. The van der Waals surface area contributed by atoms with Gasteiger partial charge in [0.25, 0.3) is 5.91 Å². The van der Waals surface area contributed by atoms with Crippen molar-refractivity contribution in [3.05, 3.63) is 77.9 Å². The van der Waals surface area contributed by atoms with Crippen LogP contribution in [0.15, 0.2) is 81.5 Å². The maximum atomic E-state index is 13.9. The molecule has 40 heavy (non-hydrogen) atoms. The van der Waals surface area contributed by atoms with Crippen molar-refractivity contribution >= 4 is 23.2 Å². The van der Waals surface area contributed by atoms with Gasteiger partial charge in [-0.05, 0) is 54.6 Å². The second-order valence-corrected chi connectivity index (χ2v) is 12.1. The third-order valence-corrected chi connectivity index (χ3v) is 8.27. The third kappa shape index (κ3) is 6.75. The van der Waals surface area contributed by atoms with Crippen molar-refractivity contribution < 1.29 is 4.79 Å². The maximum Gasteiger partial charge on any atom is 0.274 e. The number of aliphatic imine (C=N–C) groups is 2. The van der Waals surface area contributed by atoms with E-state index in [0.717, 1.165) is 67.5 Å². The Morgan fingerprint density at radius 3 is 2.38 bits per heavy atom. The molecule has 0 unspecified atom stereocenters. The minimum atomic E-state index is -0.482. The topological polar surface area (TPSA) is 81.8 Å². The molecule has 2 aliphatic rings. The summed E-state index contributed by atoms with van der Waals surface area (Å²) in [5.74, 6) is 1.41. The van der Waals surface area contributed by atoms with E-state index in [4.69, 9.17) is 4.99 Å². The van der Waals surface area contributed by atoms with Crippen LogP contribution in [0.5, 0.6) is 0 Å². The zero-order valence-corrected chi connectivity index (χ0v) is 24.8. The first-order chi connectivity index (χ1) is 19.2. The molecule has 1 saturated carbocycles. The van der Waals surface area contributed by atoms with Gasteiger partial charge < -0.3 is 4.90 Å². The van der Waals surface area contributed by atoms with E-state index in [1.165, 1.54) is 0 Å². The van der Waals surface area contributed by atoms with E-state index in [1.807, 2.05) is 47.4 Å². The smallest absolute Gasteiger partial charge is 0.274 e. The van der Waals surface area contributed by atoms with E-state index in [9.17, 15) is 4.79 Å². The van der Waals surface area contributed by atoms with Crippen molar-refractivity contribution in [1.82, 2.24) is 10.3 Å². The van der Waals surface area contributed by atoms with Gasteiger partial charge in [0, 0.05) is 18.5 Å². The average molecular weight is 541 g/mol. The fourth-order valence-electron chi connectivity index (χ4n) is 5.77. The molecule has 4 rings (SSSR count). The summed E-state index contributed by atoms with van der Waals surface area (Å²) in [5.41, 5.74) is 6.85. The summed E-state index contributed by atoms with van der Waals surface area (Å²) >= 11 is 0. The highest BCUT2D eigenvalue weighted by molar-refractivity contribution is 6.46. The van der Waals surface area contributed by atoms with Crippen LogP contribution in [-0.4, -0.2) is 35.1 Å². The summed E-state index contributed by atoms with van der Waals surface area (Å²) in [6.07, 6.45) is 6.78. The van der Waals surface area contributed by atoms with E-state index in [-0.39, 0.29) is 11.3 Å². The van der Waals surface area contributed by atoms with Crippen LogP contribution in [0.2, 0.25) is 0 Å². The Labute approximate surface area is 239 Å². The van der Waals surface area contributed by atoms with E-state index in [1.54, 1.807) is 7.05 Å². The standard InChI is InChI=1S/C33H44N6O/c1-7-8-14-29(37-38-34-6)35-24(2)26-17-15-25(16-18-26)23-39-31(40)30(27-12-10-9-11-13-27)36-33(39)21-19-28(20-22-33)32(3,4)5/h9-13,15-18,28H,2,7-8,14,19-23H2,1,3-6H3,(H,34,35,37). The number of amidine groups is 1. The molecule has 0 bridgehead atoms. The zero-order valence-electron chi connectivity index (χ0n) is 24.8. The Morgan fingerprint density at radius 2 is 1.77 bits per heavy atom. The molecule has 212 valence electrons. The van der Waals surface area contributed by atoms with Crippen LogP contribution in [0.4, 0.5) is 0 Å². The van der Waals surface area contributed by atoms with Crippen LogP contribution in [0.1, 0.15) is 89.3 Å². The van der Waals surface area contributed by atoms with Gasteiger partial charge in [-0.1, -0.05) is 101 Å². The van der Waals surface area contributed by atoms with Gasteiger partial charge in [-0.2, -0.15) is 5.11 Å². The van der Waals surface area contributed by atoms with Gasteiger partial charge in [-0.25, -0.2) is 10.4 Å². The predicted octanol–water partition coefficient (Wildman–Crippen LogP) is 7.60. The first-order valence-electron chi connectivity index (χ1n) is 14.5. The lowest BCUT2D eigenvalue weighted by Gasteiger charge is -2.44. The number of nitrogens with one attached hydrogen (secondary N) is 1. The molecule has 1 aliphatic heterocycles.